The van der Waals surface area contributed by atoms with Gasteiger partial charge in [-0.25, -0.2) is 9.97 Å². The van der Waals surface area contributed by atoms with Gasteiger partial charge in [-0.15, -0.1) is 0 Å². The Bertz CT molecular complexity index is 612. The highest BCUT2D eigenvalue weighted by Gasteiger charge is 2.10. The van der Waals surface area contributed by atoms with Crippen molar-refractivity contribution >= 4 is 29.0 Å². The van der Waals surface area contributed by atoms with E-state index in [9.17, 15) is 0 Å². The van der Waals surface area contributed by atoms with Gasteiger partial charge >= 0.3 is 0 Å². The highest BCUT2D eigenvalue weighted by molar-refractivity contribution is 6.42. The molecule has 1 N–H and O–H groups in total. The van der Waals surface area contributed by atoms with E-state index in [0.717, 1.165) is 29.4 Å². The quantitative estimate of drug-likeness (QED) is 0.863. The molecule has 0 atom stereocenters. The summed E-state index contributed by atoms with van der Waals surface area (Å²) < 4.78 is 0. The highest BCUT2D eigenvalue weighted by atomic mass is 35.5. The van der Waals surface area contributed by atoms with Crippen LogP contribution in [0.15, 0.2) is 24.3 Å². The van der Waals surface area contributed by atoms with E-state index < -0.39 is 0 Å². The smallest absolute Gasteiger partial charge is 0.133 e. The Kier molecular flexibility index (Phi) is 4.84. The summed E-state index contributed by atoms with van der Waals surface area (Å²) in [6.07, 6.45) is 0. The van der Waals surface area contributed by atoms with Gasteiger partial charge in [0.25, 0.3) is 0 Å². The van der Waals surface area contributed by atoms with Gasteiger partial charge in [-0.2, -0.15) is 0 Å². The molecule has 2 aromatic rings. The molecule has 3 nitrogen and oxygen atoms in total. The zero-order valence-corrected chi connectivity index (χ0v) is 13.3. The molecule has 0 amide bonds. The number of hydrogen-bond donors (Lipinski definition) is 1. The molecule has 0 spiro atoms. The van der Waals surface area contributed by atoms with Crippen molar-refractivity contribution in [3.63, 3.8) is 0 Å². The van der Waals surface area contributed by atoms with Gasteiger partial charge in [0, 0.05) is 24.1 Å². The Morgan fingerprint density at radius 1 is 1.10 bits per heavy atom. The lowest BCUT2D eigenvalue weighted by atomic mass is 10.1. The van der Waals surface area contributed by atoms with Gasteiger partial charge in [0.1, 0.15) is 11.6 Å². The number of nitrogens with zero attached hydrogens (tertiary/aromatic N) is 2. The predicted octanol–water partition coefficient (Wildman–Crippen LogP) is 5.01. The molecule has 1 heterocycles. The van der Waals surface area contributed by atoms with Gasteiger partial charge < -0.3 is 5.32 Å². The molecule has 0 saturated heterocycles. The lowest BCUT2D eigenvalue weighted by Crippen LogP contribution is -2.05. The van der Waals surface area contributed by atoms with E-state index in [0.29, 0.717) is 10.0 Å². The van der Waals surface area contributed by atoms with Gasteiger partial charge in [-0.3, -0.25) is 0 Å². The molecule has 106 valence electrons. The van der Waals surface area contributed by atoms with E-state index in [4.69, 9.17) is 23.2 Å². The third kappa shape index (κ3) is 3.41. The number of aromatic nitrogens is 2. The first-order valence-electron chi connectivity index (χ1n) is 6.59. The van der Waals surface area contributed by atoms with E-state index in [1.54, 1.807) is 6.07 Å². The molecule has 20 heavy (non-hydrogen) atoms. The second-order valence-electron chi connectivity index (χ2n) is 4.81. The predicted molar refractivity (Wildman–Crippen MR) is 85.7 cm³/mol. The van der Waals surface area contributed by atoms with Crippen LogP contribution in [0.25, 0.3) is 11.3 Å². The molecule has 1 aromatic carbocycles. The van der Waals surface area contributed by atoms with Crippen molar-refractivity contribution in [3.05, 3.63) is 40.1 Å². The number of rotatable bonds is 4. The normalized spacial score (nSPS) is 10.9. The lowest BCUT2D eigenvalue weighted by molar-refractivity contribution is 0.776. The van der Waals surface area contributed by atoms with Gasteiger partial charge in [0.2, 0.25) is 0 Å². The molecule has 0 saturated carbocycles. The number of hydrogen-bond acceptors (Lipinski definition) is 3. The Hall–Kier alpha value is -1.32. The maximum absolute atomic E-state index is 6.08. The van der Waals surface area contributed by atoms with Gasteiger partial charge in [-0.05, 0) is 19.1 Å². The topological polar surface area (TPSA) is 37.8 Å². The van der Waals surface area contributed by atoms with Crippen LogP contribution in [-0.4, -0.2) is 16.5 Å². The summed E-state index contributed by atoms with van der Waals surface area (Å²) in [7, 11) is 0. The average molecular weight is 310 g/mol. The van der Waals surface area contributed by atoms with E-state index in [-0.39, 0.29) is 5.92 Å². The van der Waals surface area contributed by atoms with Crippen molar-refractivity contribution in [3.8, 4) is 11.3 Å². The summed E-state index contributed by atoms with van der Waals surface area (Å²) in [5.74, 6) is 1.90. The van der Waals surface area contributed by atoms with Crippen LogP contribution in [0.5, 0.6) is 0 Å². The monoisotopic (exact) mass is 309 g/mol. The van der Waals surface area contributed by atoms with Crippen molar-refractivity contribution in [2.24, 2.45) is 0 Å². The highest BCUT2D eigenvalue weighted by Crippen LogP contribution is 2.29. The summed E-state index contributed by atoms with van der Waals surface area (Å²) >= 11 is 12.0. The Labute approximate surface area is 129 Å². The third-order valence-electron chi connectivity index (χ3n) is 2.83. The van der Waals surface area contributed by atoms with E-state index >= 15 is 0 Å². The number of benzene rings is 1. The molecule has 0 aliphatic heterocycles. The first-order valence-corrected chi connectivity index (χ1v) is 7.35. The second kappa shape index (κ2) is 6.42. The maximum Gasteiger partial charge on any atom is 0.133 e. The Morgan fingerprint density at radius 3 is 2.45 bits per heavy atom. The lowest BCUT2D eigenvalue weighted by Gasteiger charge is -2.11. The molecule has 1 aromatic heterocycles. The van der Waals surface area contributed by atoms with Crippen molar-refractivity contribution in [1.82, 2.24) is 9.97 Å². The van der Waals surface area contributed by atoms with Crippen molar-refractivity contribution < 1.29 is 0 Å². The fourth-order valence-corrected chi connectivity index (χ4v) is 2.10. The number of anilines is 1. The van der Waals surface area contributed by atoms with Crippen LogP contribution in [0.3, 0.4) is 0 Å². The van der Waals surface area contributed by atoms with Crippen molar-refractivity contribution in [2.45, 2.75) is 26.7 Å². The fourth-order valence-electron chi connectivity index (χ4n) is 1.80. The molecule has 5 heteroatoms. The summed E-state index contributed by atoms with van der Waals surface area (Å²) in [6, 6.07) is 7.45. The molecular formula is C15H17Cl2N3. The van der Waals surface area contributed by atoms with Crippen molar-refractivity contribution in [1.29, 1.82) is 0 Å². The van der Waals surface area contributed by atoms with Crippen LogP contribution in [-0.2, 0) is 0 Å². The molecule has 0 aliphatic carbocycles. The summed E-state index contributed by atoms with van der Waals surface area (Å²) in [5.41, 5.74) is 1.78. The van der Waals surface area contributed by atoms with Crippen LogP contribution in [0.4, 0.5) is 5.82 Å². The Balaban J connectivity index is 2.51. The van der Waals surface area contributed by atoms with Crippen LogP contribution in [0.1, 0.15) is 32.5 Å². The van der Waals surface area contributed by atoms with Gasteiger partial charge in [0.15, 0.2) is 0 Å². The third-order valence-corrected chi connectivity index (χ3v) is 3.57. The fraction of sp³-hybridized carbons (Fsp3) is 0.333. The SMILES string of the molecule is CCNc1cc(-c2ccc(Cl)c(Cl)c2)nc(C(C)C)n1. The van der Waals surface area contributed by atoms with E-state index in [1.807, 2.05) is 25.1 Å². The standard InChI is InChI=1S/C15H17Cl2N3/c1-4-18-14-8-13(19-15(20-14)9(2)3)10-5-6-11(16)12(17)7-10/h5-9H,4H2,1-3H3,(H,18,19,20). The molecule has 0 radical (unpaired) electrons. The molecule has 0 bridgehead atoms. The molecule has 0 fully saturated rings. The van der Waals surface area contributed by atoms with Gasteiger partial charge in [0.05, 0.1) is 15.7 Å². The maximum atomic E-state index is 6.08. The van der Waals surface area contributed by atoms with Crippen molar-refractivity contribution in [2.75, 3.05) is 11.9 Å². The minimum absolute atomic E-state index is 0.259. The second-order valence-corrected chi connectivity index (χ2v) is 5.62. The minimum Gasteiger partial charge on any atom is -0.370 e. The van der Waals surface area contributed by atoms with E-state index in [2.05, 4.69) is 29.1 Å². The summed E-state index contributed by atoms with van der Waals surface area (Å²) in [6.45, 7) is 7.00. The zero-order chi connectivity index (χ0) is 14.7. The molecule has 0 unspecified atom stereocenters. The Morgan fingerprint density at radius 2 is 1.85 bits per heavy atom. The van der Waals surface area contributed by atoms with Gasteiger partial charge in [-0.1, -0.05) is 43.1 Å². The zero-order valence-electron chi connectivity index (χ0n) is 11.7. The summed E-state index contributed by atoms with van der Waals surface area (Å²) in [5, 5.41) is 4.30. The van der Waals surface area contributed by atoms with E-state index in [1.165, 1.54) is 0 Å². The van der Waals surface area contributed by atoms with Crippen LogP contribution >= 0.6 is 23.2 Å². The number of nitrogens with one attached hydrogen (secondary N) is 1. The average Bonchev–Trinajstić information content (AvgIpc) is 2.42. The van der Waals surface area contributed by atoms with Crippen LogP contribution in [0, 0.1) is 0 Å². The molecular weight excluding hydrogens is 293 g/mol. The largest absolute Gasteiger partial charge is 0.370 e. The summed E-state index contributed by atoms with van der Waals surface area (Å²) in [4.78, 5) is 9.11. The first-order chi connectivity index (χ1) is 9.51. The minimum atomic E-state index is 0.259. The molecule has 2 rings (SSSR count). The van der Waals surface area contributed by atoms with Crippen LogP contribution in [0.2, 0.25) is 10.0 Å². The first kappa shape index (κ1) is 15.1. The van der Waals surface area contributed by atoms with Crippen LogP contribution < -0.4 is 5.32 Å². The number of halogens is 2. The molecule has 0 aliphatic rings.